The molecule has 0 amide bonds. The van der Waals surface area contributed by atoms with Crippen molar-refractivity contribution in [2.75, 3.05) is 20.8 Å². The molecule has 1 saturated heterocycles. The molecule has 2 heterocycles. The van der Waals surface area contributed by atoms with Crippen LogP contribution in [0, 0.1) is 23.2 Å². The van der Waals surface area contributed by atoms with E-state index in [2.05, 4.69) is 0 Å². The van der Waals surface area contributed by atoms with Gasteiger partial charge in [0, 0.05) is 22.1 Å². The highest BCUT2D eigenvalue weighted by Crippen LogP contribution is 2.53. The van der Waals surface area contributed by atoms with Crippen molar-refractivity contribution in [1.82, 2.24) is 0 Å². The first-order valence-electron chi connectivity index (χ1n) is 11.2. The molecule has 32 heavy (non-hydrogen) atoms. The van der Waals surface area contributed by atoms with Crippen LogP contribution in [0.4, 0.5) is 0 Å². The molecule has 2 aliphatic rings. The maximum absolute atomic E-state index is 13.9. The van der Waals surface area contributed by atoms with Gasteiger partial charge in [-0.1, -0.05) is 20.8 Å². The standard InChI is InChI=1S/C25H30O6S/c1-6-25(7-8-25)24(28)21(20(13(2)3)22(26)17-12-31-17)23(27)19-10-14-9-15(29-4)16(30-5)11-18(14)32-19/h9-11,13,17,20-21H,6-8,12H2,1-5H3. The van der Waals surface area contributed by atoms with E-state index in [0.717, 1.165) is 22.9 Å². The maximum Gasteiger partial charge on any atom is 0.184 e. The molecule has 1 aromatic heterocycles. The molecule has 4 rings (SSSR count). The Labute approximate surface area is 192 Å². The van der Waals surface area contributed by atoms with Crippen LogP contribution >= 0.6 is 11.3 Å². The van der Waals surface area contributed by atoms with Crippen molar-refractivity contribution < 1.29 is 28.6 Å². The molecule has 0 bridgehead atoms. The third kappa shape index (κ3) is 3.97. The smallest absolute Gasteiger partial charge is 0.184 e. The molecule has 3 atom stereocenters. The van der Waals surface area contributed by atoms with Crippen molar-refractivity contribution in [3.05, 3.63) is 23.1 Å². The number of hydrogen-bond acceptors (Lipinski definition) is 7. The number of rotatable bonds is 11. The van der Waals surface area contributed by atoms with Gasteiger partial charge >= 0.3 is 0 Å². The number of ether oxygens (including phenoxy) is 3. The lowest BCUT2D eigenvalue weighted by Crippen LogP contribution is -2.43. The fourth-order valence-corrected chi connectivity index (χ4v) is 5.70. The minimum absolute atomic E-state index is 0.0784. The van der Waals surface area contributed by atoms with Gasteiger partial charge in [0.2, 0.25) is 0 Å². The second-order valence-corrected chi connectivity index (χ2v) is 10.3. The fourth-order valence-electron chi connectivity index (χ4n) is 4.65. The molecule has 1 aliphatic heterocycles. The molecule has 1 aliphatic carbocycles. The van der Waals surface area contributed by atoms with Crippen molar-refractivity contribution in [3.63, 3.8) is 0 Å². The highest BCUT2D eigenvalue weighted by atomic mass is 32.1. The summed E-state index contributed by atoms with van der Waals surface area (Å²) in [5.74, 6) is -1.11. The average Bonchev–Trinajstić information content (AvgIpc) is 3.71. The Balaban J connectivity index is 1.77. The summed E-state index contributed by atoms with van der Waals surface area (Å²) in [5.41, 5.74) is -0.471. The van der Waals surface area contributed by atoms with Gasteiger partial charge in [-0.15, -0.1) is 11.3 Å². The summed E-state index contributed by atoms with van der Waals surface area (Å²) < 4.78 is 16.9. The van der Waals surface area contributed by atoms with Crippen LogP contribution < -0.4 is 9.47 Å². The van der Waals surface area contributed by atoms with Gasteiger partial charge in [-0.05, 0) is 42.7 Å². The van der Waals surface area contributed by atoms with E-state index in [-0.39, 0.29) is 23.3 Å². The van der Waals surface area contributed by atoms with Crippen LogP contribution in [0.1, 0.15) is 49.7 Å². The van der Waals surface area contributed by atoms with Crippen LogP contribution in [0.5, 0.6) is 11.5 Å². The van der Waals surface area contributed by atoms with Crippen molar-refractivity contribution in [2.24, 2.45) is 23.2 Å². The zero-order valence-electron chi connectivity index (χ0n) is 19.2. The third-order valence-electron chi connectivity index (χ3n) is 6.94. The predicted molar refractivity (Wildman–Crippen MR) is 123 cm³/mol. The number of hydrogen-bond donors (Lipinski definition) is 0. The Hall–Kier alpha value is -2.25. The normalized spacial score (nSPS) is 20.6. The van der Waals surface area contributed by atoms with Crippen LogP contribution in [0.15, 0.2) is 18.2 Å². The Bertz CT molecular complexity index is 1020. The van der Waals surface area contributed by atoms with E-state index < -0.39 is 23.4 Å². The van der Waals surface area contributed by atoms with E-state index in [9.17, 15) is 14.4 Å². The zero-order chi connectivity index (χ0) is 23.2. The second-order valence-electron chi connectivity index (χ2n) is 9.19. The van der Waals surface area contributed by atoms with E-state index in [1.54, 1.807) is 20.3 Å². The Morgan fingerprint density at radius 3 is 2.25 bits per heavy atom. The van der Waals surface area contributed by atoms with E-state index in [1.807, 2.05) is 32.9 Å². The van der Waals surface area contributed by atoms with Gasteiger partial charge in [-0.2, -0.15) is 0 Å². The van der Waals surface area contributed by atoms with E-state index >= 15 is 0 Å². The van der Waals surface area contributed by atoms with Crippen LogP contribution in [0.2, 0.25) is 0 Å². The van der Waals surface area contributed by atoms with Crippen LogP contribution in [0.25, 0.3) is 10.1 Å². The lowest BCUT2D eigenvalue weighted by Gasteiger charge is -2.29. The average molecular weight is 459 g/mol. The van der Waals surface area contributed by atoms with Crippen LogP contribution in [-0.2, 0) is 14.3 Å². The number of methoxy groups -OCH3 is 2. The quantitative estimate of drug-likeness (QED) is 0.275. The number of benzene rings is 1. The summed E-state index contributed by atoms with van der Waals surface area (Å²) in [7, 11) is 3.13. The number of thiophene rings is 1. The summed E-state index contributed by atoms with van der Waals surface area (Å²) in [5, 5.41) is 0.844. The third-order valence-corrected chi connectivity index (χ3v) is 8.05. The Kier molecular flexibility index (Phi) is 6.16. The summed E-state index contributed by atoms with van der Waals surface area (Å²) >= 11 is 1.32. The first-order chi connectivity index (χ1) is 15.3. The molecule has 0 spiro atoms. The molecule has 2 aromatic rings. The maximum atomic E-state index is 13.9. The predicted octanol–water partition coefficient (Wildman–Crippen LogP) is 4.72. The number of fused-ring (bicyclic) bond motifs is 1. The lowest BCUT2D eigenvalue weighted by atomic mass is 9.71. The number of ketones is 3. The van der Waals surface area contributed by atoms with E-state index in [1.165, 1.54) is 11.3 Å². The van der Waals surface area contributed by atoms with Gasteiger partial charge in [0.25, 0.3) is 0 Å². The lowest BCUT2D eigenvalue weighted by molar-refractivity contribution is -0.136. The van der Waals surface area contributed by atoms with E-state index in [0.29, 0.717) is 29.4 Å². The molecule has 7 heteroatoms. The number of carbonyl (C=O) groups excluding carboxylic acids is 3. The van der Waals surface area contributed by atoms with Gasteiger partial charge in [0.1, 0.15) is 6.10 Å². The monoisotopic (exact) mass is 458 g/mol. The molecule has 2 fully saturated rings. The largest absolute Gasteiger partial charge is 0.493 e. The summed E-state index contributed by atoms with van der Waals surface area (Å²) in [6, 6.07) is 5.46. The summed E-state index contributed by atoms with van der Waals surface area (Å²) in [6.45, 7) is 6.18. The molecule has 6 nitrogen and oxygen atoms in total. The Morgan fingerprint density at radius 1 is 1.12 bits per heavy atom. The molecule has 1 aromatic carbocycles. The zero-order valence-corrected chi connectivity index (χ0v) is 20.0. The highest BCUT2D eigenvalue weighted by Gasteiger charge is 2.56. The van der Waals surface area contributed by atoms with Gasteiger partial charge in [0.05, 0.1) is 31.6 Å². The number of Topliss-reactive ketones (excluding diaryl/α,β-unsaturated/α-hetero) is 3. The number of epoxide rings is 1. The molecular weight excluding hydrogens is 428 g/mol. The summed E-state index contributed by atoms with van der Waals surface area (Å²) in [6.07, 6.45) is 1.77. The van der Waals surface area contributed by atoms with Gasteiger partial charge < -0.3 is 14.2 Å². The van der Waals surface area contributed by atoms with Gasteiger partial charge in [0.15, 0.2) is 28.8 Å². The molecular formula is C25H30O6S. The van der Waals surface area contributed by atoms with Crippen molar-refractivity contribution in [2.45, 2.75) is 46.1 Å². The molecule has 172 valence electrons. The molecule has 0 N–H and O–H groups in total. The SMILES string of the molecule is CCC1(C(=O)C(C(=O)c2cc3cc(OC)c(OC)cc3s2)C(C(=O)C2CO2)C(C)C)CC1. The minimum Gasteiger partial charge on any atom is -0.493 e. The van der Waals surface area contributed by atoms with Crippen LogP contribution in [-0.4, -0.2) is 44.3 Å². The highest BCUT2D eigenvalue weighted by molar-refractivity contribution is 7.20. The second kappa shape index (κ2) is 8.60. The van der Waals surface area contributed by atoms with Crippen molar-refractivity contribution in [1.29, 1.82) is 0 Å². The first-order valence-corrected chi connectivity index (χ1v) is 12.0. The van der Waals surface area contributed by atoms with Gasteiger partial charge in [-0.3, -0.25) is 14.4 Å². The topological polar surface area (TPSA) is 82.2 Å². The first kappa shape index (κ1) is 22.9. The van der Waals surface area contributed by atoms with Crippen molar-refractivity contribution >= 4 is 38.8 Å². The number of carbonyl (C=O) groups is 3. The summed E-state index contributed by atoms with van der Waals surface area (Å²) in [4.78, 5) is 41.2. The van der Waals surface area contributed by atoms with Crippen molar-refractivity contribution in [3.8, 4) is 11.5 Å². The fraction of sp³-hybridized carbons (Fsp3) is 0.560. The molecule has 1 saturated carbocycles. The molecule has 3 unspecified atom stereocenters. The van der Waals surface area contributed by atoms with Crippen LogP contribution in [0.3, 0.4) is 0 Å². The molecule has 0 radical (unpaired) electrons. The minimum atomic E-state index is -0.981. The Morgan fingerprint density at radius 2 is 1.75 bits per heavy atom. The van der Waals surface area contributed by atoms with Gasteiger partial charge in [-0.25, -0.2) is 0 Å². The van der Waals surface area contributed by atoms with E-state index in [4.69, 9.17) is 14.2 Å².